The summed E-state index contributed by atoms with van der Waals surface area (Å²) in [7, 11) is 0. The molecule has 1 amide bonds. The third kappa shape index (κ3) is 5.75. The molecule has 1 N–H and O–H groups in total. The third-order valence-corrected chi connectivity index (χ3v) is 6.39. The van der Waals surface area contributed by atoms with Crippen LogP contribution in [0.4, 0.5) is 32.0 Å². The Labute approximate surface area is 199 Å². The first-order valence-corrected chi connectivity index (χ1v) is 10.5. The molecule has 0 radical (unpaired) electrons. The van der Waals surface area contributed by atoms with Gasteiger partial charge in [0.05, 0.1) is 22.9 Å². The molecule has 178 valence electrons. The highest BCUT2D eigenvalue weighted by Crippen LogP contribution is 2.65. The van der Waals surface area contributed by atoms with Gasteiger partial charge in [0.1, 0.15) is 10.2 Å². The monoisotopic (exact) mass is 531 g/mol. The topological polar surface area (TPSA) is 46.2 Å². The van der Waals surface area contributed by atoms with Crippen molar-refractivity contribution in [2.75, 3.05) is 5.32 Å². The smallest absolute Gasteiger partial charge is 0.326 e. The molecule has 1 fully saturated rings. The Hall–Kier alpha value is -1.97. The Balaban J connectivity index is 1.76. The lowest BCUT2D eigenvalue weighted by Crippen LogP contribution is -2.17. The van der Waals surface area contributed by atoms with Gasteiger partial charge in [-0.15, -0.1) is 23.2 Å². The molecule has 0 saturated heterocycles. The fraction of sp³-hybridized carbons (Fsp3) is 0.333. The number of hydrogen-bond donors (Lipinski definition) is 1. The minimum atomic E-state index is -4.52. The predicted molar refractivity (Wildman–Crippen MR) is 112 cm³/mol. The summed E-state index contributed by atoms with van der Waals surface area (Å²) in [4.78, 5) is 24.8. The van der Waals surface area contributed by atoms with Crippen LogP contribution >= 0.6 is 34.8 Å². The number of carbonyl (C=O) groups is 2. The normalized spacial score (nSPS) is 19.5. The molecule has 2 aromatic rings. The van der Waals surface area contributed by atoms with Crippen molar-refractivity contribution < 1.29 is 35.9 Å². The Bertz CT molecular complexity index is 1090. The Morgan fingerprint density at radius 1 is 1.09 bits per heavy atom. The van der Waals surface area contributed by atoms with Gasteiger partial charge in [-0.25, -0.2) is 13.2 Å². The van der Waals surface area contributed by atoms with E-state index < -0.39 is 64.7 Å². The van der Waals surface area contributed by atoms with Gasteiger partial charge in [-0.3, -0.25) is 9.59 Å². The zero-order valence-electron chi connectivity index (χ0n) is 16.3. The summed E-state index contributed by atoms with van der Waals surface area (Å²) in [5, 5.41) is 2.34. The molecule has 3 nitrogen and oxygen atoms in total. The van der Waals surface area contributed by atoms with Crippen LogP contribution in [0.2, 0.25) is 5.02 Å². The van der Waals surface area contributed by atoms with Crippen LogP contribution in [0.25, 0.3) is 0 Å². The van der Waals surface area contributed by atoms with Gasteiger partial charge in [0.25, 0.3) is 6.43 Å². The number of rotatable bonds is 7. The first-order chi connectivity index (χ1) is 15.2. The Kier molecular flexibility index (Phi) is 7.27. The molecule has 1 aliphatic carbocycles. The summed E-state index contributed by atoms with van der Waals surface area (Å²) in [5.74, 6) is -4.73. The summed E-state index contributed by atoms with van der Waals surface area (Å²) in [6.45, 7) is 0. The highest BCUT2D eigenvalue weighted by Gasteiger charge is 2.67. The van der Waals surface area contributed by atoms with Gasteiger partial charge in [0, 0.05) is 23.6 Å². The van der Waals surface area contributed by atoms with Crippen LogP contribution in [0.5, 0.6) is 0 Å². The van der Waals surface area contributed by atoms with Gasteiger partial charge >= 0.3 is 6.18 Å². The lowest BCUT2D eigenvalue weighted by molar-refractivity contribution is -0.133. The summed E-state index contributed by atoms with van der Waals surface area (Å²) in [5.41, 5.74) is -0.894. The number of amides is 1. The molecule has 3 rings (SSSR count). The second kappa shape index (κ2) is 9.35. The van der Waals surface area contributed by atoms with Crippen molar-refractivity contribution >= 4 is 52.2 Å². The van der Waals surface area contributed by atoms with Gasteiger partial charge in [0.15, 0.2) is 5.78 Å². The van der Waals surface area contributed by atoms with E-state index in [9.17, 15) is 35.9 Å². The number of carbonyl (C=O) groups excluding carboxylic acids is 2. The maximum absolute atomic E-state index is 13.6. The van der Waals surface area contributed by atoms with Crippen LogP contribution in [-0.4, -0.2) is 22.2 Å². The fourth-order valence-corrected chi connectivity index (χ4v) is 4.47. The second-order valence-corrected chi connectivity index (χ2v) is 9.29. The number of nitrogens with one attached hydrogen (secondary N) is 1. The fourth-order valence-electron chi connectivity index (χ4n) is 3.42. The van der Waals surface area contributed by atoms with Gasteiger partial charge in [-0.05, 0) is 35.9 Å². The Morgan fingerprint density at radius 3 is 2.36 bits per heavy atom. The molecule has 0 heterocycles. The van der Waals surface area contributed by atoms with Crippen molar-refractivity contribution in [3.63, 3.8) is 0 Å². The van der Waals surface area contributed by atoms with Crippen LogP contribution in [-0.2, 0) is 4.79 Å². The lowest BCUT2D eigenvalue weighted by atomic mass is 10.0. The summed E-state index contributed by atoms with van der Waals surface area (Å²) >= 11 is 18.3. The van der Waals surface area contributed by atoms with Gasteiger partial charge < -0.3 is 5.32 Å². The number of alkyl halides is 7. The van der Waals surface area contributed by atoms with Crippen molar-refractivity contribution in [2.45, 2.75) is 35.7 Å². The molecule has 0 spiro atoms. The van der Waals surface area contributed by atoms with Crippen molar-refractivity contribution in [1.82, 2.24) is 0 Å². The molecule has 12 heteroatoms. The molecule has 1 aliphatic rings. The van der Waals surface area contributed by atoms with Gasteiger partial charge in [-0.2, -0.15) is 13.2 Å². The summed E-state index contributed by atoms with van der Waals surface area (Å²) in [6.07, 6.45) is -9.77. The van der Waals surface area contributed by atoms with E-state index in [4.69, 9.17) is 34.8 Å². The zero-order valence-corrected chi connectivity index (χ0v) is 18.6. The van der Waals surface area contributed by atoms with E-state index >= 15 is 0 Å². The van der Waals surface area contributed by atoms with E-state index in [0.717, 1.165) is 18.2 Å². The van der Waals surface area contributed by atoms with Crippen LogP contribution in [0.3, 0.4) is 0 Å². The maximum atomic E-state index is 13.6. The van der Waals surface area contributed by atoms with E-state index in [2.05, 4.69) is 5.32 Å². The van der Waals surface area contributed by atoms with Crippen LogP contribution in [0.1, 0.15) is 46.7 Å². The standard InChI is InChI=1S/C21H14Cl3F6NO2/c22-13-3-2-10(8-11(13)15(32)5-6-20(28,29)30)31-19(33)17-16(21(17,23)24)9-1-4-14(25)12(7-9)18(26)27/h1-4,7-8,16-18H,5-6H2,(H,31,33). The van der Waals surface area contributed by atoms with Crippen molar-refractivity contribution in [3.05, 3.63) is 63.9 Å². The van der Waals surface area contributed by atoms with Gasteiger partial charge in [0.2, 0.25) is 5.91 Å². The van der Waals surface area contributed by atoms with Crippen LogP contribution in [0, 0.1) is 11.7 Å². The first-order valence-electron chi connectivity index (χ1n) is 9.38. The van der Waals surface area contributed by atoms with Crippen molar-refractivity contribution in [3.8, 4) is 0 Å². The first kappa shape index (κ1) is 25.6. The second-order valence-electron chi connectivity index (χ2n) is 7.43. The molecule has 2 unspecified atom stereocenters. The molecule has 0 bridgehead atoms. The van der Waals surface area contributed by atoms with E-state index in [1.807, 2.05) is 0 Å². The van der Waals surface area contributed by atoms with Gasteiger partial charge in [-0.1, -0.05) is 17.7 Å². The summed E-state index contributed by atoms with van der Waals surface area (Å²) < 4.78 is 75.1. The zero-order chi connectivity index (χ0) is 24.7. The molecule has 0 aromatic heterocycles. The van der Waals surface area contributed by atoms with E-state index in [0.29, 0.717) is 0 Å². The molecule has 2 aromatic carbocycles. The number of ketones is 1. The average Bonchev–Trinajstić information content (AvgIpc) is 3.29. The molecule has 1 saturated carbocycles. The quantitative estimate of drug-likeness (QED) is 0.228. The number of halogens is 9. The van der Waals surface area contributed by atoms with E-state index in [1.165, 1.54) is 18.2 Å². The number of Topliss-reactive ketones (excluding diaryl/α,β-unsaturated/α-hetero) is 1. The molecular formula is C21H14Cl3F6NO2. The van der Waals surface area contributed by atoms with Crippen LogP contribution < -0.4 is 5.32 Å². The van der Waals surface area contributed by atoms with E-state index in [-0.39, 0.29) is 21.8 Å². The molecule has 0 aliphatic heterocycles. The predicted octanol–water partition coefficient (Wildman–Crippen LogP) is 7.47. The SMILES string of the molecule is O=C(CCC(F)(F)F)c1cc(NC(=O)C2C(c3ccc(F)c(C(F)F)c3)C2(Cl)Cl)ccc1Cl. The minimum Gasteiger partial charge on any atom is -0.326 e. The highest BCUT2D eigenvalue weighted by molar-refractivity contribution is 6.53. The number of benzene rings is 2. The van der Waals surface area contributed by atoms with Crippen LogP contribution in [0.15, 0.2) is 36.4 Å². The van der Waals surface area contributed by atoms with E-state index in [1.54, 1.807) is 0 Å². The lowest BCUT2D eigenvalue weighted by Gasteiger charge is -2.10. The Morgan fingerprint density at radius 2 is 1.76 bits per heavy atom. The summed E-state index contributed by atoms with van der Waals surface area (Å²) in [6, 6.07) is 6.57. The largest absolute Gasteiger partial charge is 0.389 e. The average molecular weight is 533 g/mol. The maximum Gasteiger partial charge on any atom is 0.389 e. The molecule has 2 atom stereocenters. The highest BCUT2D eigenvalue weighted by atomic mass is 35.5. The van der Waals surface area contributed by atoms with Crippen molar-refractivity contribution in [1.29, 1.82) is 0 Å². The molecule has 33 heavy (non-hydrogen) atoms. The number of hydrogen-bond acceptors (Lipinski definition) is 2. The number of anilines is 1. The third-order valence-electron chi connectivity index (χ3n) is 5.12. The minimum absolute atomic E-state index is 0.0434. The van der Waals surface area contributed by atoms with Crippen molar-refractivity contribution in [2.24, 2.45) is 5.92 Å². The molecular weight excluding hydrogens is 519 g/mol.